The minimum absolute atomic E-state index is 0.0795. The molecule has 11 nitrogen and oxygen atoms in total. The van der Waals surface area contributed by atoms with Gasteiger partial charge in [-0.2, -0.15) is 0 Å². The molecule has 2 aromatic carbocycles. The topological polar surface area (TPSA) is 137 Å². The minimum Gasteiger partial charge on any atom is -0.306 e. The van der Waals surface area contributed by atoms with Crippen molar-refractivity contribution in [3.63, 3.8) is 0 Å². The largest absolute Gasteiger partial charge is 0.306 e. The van der Waals surface area contributed by atoms with Gasteiger partial charge in [0.2, 0.25) is 0 Å². The first-order chi connectivity index (χ1) is 13.9. The van der Waals surface area contributed by atoms with Crippen LogP contribution >= 0.6 is 0 Å². The number of nitrogens with zero attached hydrogens (tertiary/aromatic N) is 6. The van der Waals surface area contributed by atoms with Crippen LogP contribution in [0.1, 0.15) is 21.7 Å². The van der Waals surface area contributed by atoms with Crippen molar-refractivity contribution in [1.29, 1.82) is 0 Å². The number of nitro groups is 2. The van der Waals surface area contributed by atoms with E-state index in [2.05, 4.69) is 10.3 Å². The molecule has 3 aromatic rings. The molecule has 0 aliphatic carbocycles. The SMILES string of the molecule is Cc1c(C(=O)N2CCc3ccc([N+](=O)[O-])cc32)nnn1-c1cccc([N+](=O)[O-])c1. The van der Waals surface area contributed by atoms with Crippen molar-refractivity contribution in [1.82, 2.24) is 15.0 Å². The Balaban J connectivity index is 1.69. The summed E-state index contributed by atoms with van der Waals surface area (Å²) in [6.07, 6.45) is 0.580. The van der Waals surface area contributed by atoms with Crippen LogP contribution in [0.5, 0.6) is 0 Å². The summed E-state index contributed by atoms with van der Waals surface area (Å²) in [5, 5.41) is 30.0. The molecule has 1 amide bonds. The smallest absolute Gasteiger partial charge is 0.280 e. The van der Waals surface area contributed by atoms with Gasteiger partial charge in [0, 0.05) is 30.8 Å². The number of rotatable bonds is 4. The van der Waals surface area contributed by atoms with Crippen LogP contribution in [-0.2, 0) is 6.42 Å². The highest BCUT2D eigenvalue weighted by atomic mass is 16.6. The molecule has 2 heterocycles. The van der Waals surface area contributed by atoms with Crippen molar-refractivity contribution in [3.05, 3.63) is 79.6 Å². The van der Waals surface area contributed by atoms with E-state index in [0.29, 0.717) is 30.0 Å². The summed E-state index contributed by atoms with van der Waals surface area (Å²) in [4.78, 5) is 35.5. The molecule has 0 fully saturated rings. The predicted molar refractivity (Wildman–Crippen MR) is 101 cm³/mol. The molecule has 4 rings (SSSR count). The van der Waals surface area contributed by atoms with E-state index < -0.39 is 15.8 Å². The average molecular weight is 394 g/mol. The van der Waals surface area contributed by atoms with Gasteiger partial charge >= 0.3 is 0 Å². The van der Waals surface area contributed by atoms with Crippen LogP contribution in [0.4, 0.5) is 17.1 Å². The van der Waals surface area contributed by atoms with Gasteiger partial charge in [-0.3, -0.25) is 25.0 Å². The summed E-state index contributed by atoms with van der Waals surface area (Å²) in [5.74, 6) is -0.432. The fraction of sp³-hybridized carbons (Fsp3) is 0.167. The lowest BCUT2D eigenvalue weighted by atomic mass is 10.1. The van der Waals surface area contributed by atoms with Crippen LogP contribution in [-0.4, -0.2) is 37.3 Å². The zero-order valence-corrected chi connectivity index (χ0v) is 15.2. The molecule has 1 aliphatic heterocycles. The van der Waals surface area contributed by atoms with E-state index in [1.807, 2.05) is 0 Å². The van der Waals surface area contributed by atoms with Gasteiger partial charge < -0.3 is 4.90 Å². The molecular formula is C18H14N6O5. The van der Waals surface area contributed by atoms with E-state index in [1.54, 1.807) is 19.1 Å². The molecule has 0 unspecified atom stereocenters. The Bertz CT molecular complexity index is 1170. The Morgan fingerprint density at radius 3 is 2.52 bits per heavy atom. The van der Waals surface area contributed by atoms with E-state index in [4.69, 9.17) is 0 Å². The molecule has 0 saturated carbocycles. The van der Waals surface area contributed by atoms with Gasteiger partial charge in [0.25, 0.3) is 17.3 Å². The van der Waals surface area contributed by atoms with Crippen LogP contribution in [0.25, 0.3) is 5.69 Å². The van der Waals surface area contributed by atoms with E-state index in [9.17, 15) is 25.0 Å². The number of benzene rings is 2. The van der Waals surface area contributed by atoms with Gasteiger partial charge in [-0.15, -0.1) is 5.10 Å². The molecule has 0 spiro atoms. The summed E-state index contributed by atoms with van der Waals surface area (Å²) < 4.78 is 1.35. The third kappa shape index (κ3) is 3.08. The molecule has 1 aromatic heterocycles. The molecule has 0 atom stereocenters. The zero-order chi connectivity index (χ0) is 20.7. The molecule has 0 N–H and O–H groups in total. The maximum absolute atomic E-state index is 13.1. The first-order valence-electron chi connectivity index (χ1n) is 8.63. The Morgan fingerprint density at radius 2 is 1.79 bits per heavy atom. The number of carbonyl (C=O) groups excluding carboxylic acids is 1. The van der Waals surface area contributed by atoms with E-state index in [0.717, 1.165) is 5.56 Å². The van der Waals surface area contributed by atoms with E-state index >= 15 is 0 Å². The van der Waals surface area contributed by atoms with Crippen molar-refractivity contribution >= 4 is 23.0 Å². The summed E-state index contributed by atoms with van der Waals surface area (Å²) in [7, 11) is 0. The van der Waals surface area contributed by atoms with Gasteiger partial charge in [-0.05, 0) is 25.0 Å². The Hall–Kier alpha value is -4.15. The highest BCUT2D eigenvalue weighted by Crippen LogP contribution is 2.33. The van der Waals surface area contributed by atoms with Crippen molar-refractivity contribution in [2.24, 2.45) is 0 Å². The standard InChI is InChI=1S/C18H14N6O5/c1-11-17(19-20-22(11)13-3-2-4-14(9-13)23(26)27)18(25)21-8-7-12-5-6-15(24(28)29)10-16(12)21/h2-6,9-10H,7-8H2,1H3. The second-order valence-corrected chi connectivity index (χ2v) is 6.49. The minimum atomic E-state index is -0.518. The van der Waals surface area contributed by atoms with Crippen LogP contribution in [0, 0.1) is 27.2 Å². The number of hydrogen-bond donors (Lipinski definition) is 0. The molecule has 29 heavy (non-hydrogen) atoms. The number of nitro benzene ring substituents is 2. The molecule has 1 aliphatic rings. The lowest BCUT2D eigenvalue weighted by Gasteiger charge is -2.16. The molecular weight excluding hydrogens is 380 g/mol. The zero-order valence-electron chi connectivity index (χ0n) is 15.2. The molecule has 0 bridgehead atoms. The van der Waals surface area contributed by atoms with Gasteiger partial charge in [0.1, 0.15) is 0 Å². The second-order valence-electron chi connectivity index (χ2n) is 6.49. The Labute approximate surface area is 163 Å². The summed E-state index contributed by atoms with van der Waals surface area (Å²) in [6.45, 7) is 2.01. The van der Waals surface area contributed by atoms with Gasteiger partial charge in [-0.1, -0.05) is 17.3 Å². The van der Waals surface area contributed by atoms with Crippen molar-refractivity contribution in [2.75, 3.05) is 11.4 Å². The average Bonchev–Trinajstić information content (AvgIpc) is 3.30. The number of hydrogen-bond acceptors (Lipinski definition) is 7. The molecule has 0 radical (unpaired) electrons. The van der Waals surface area contributed by atoms with Crippen LogP contribution < -0.4 is 4.90 Å². The second kappa shape index (κ2) is 6.78. The first-order valence-corrected chi connectivity index (χ1v) is 8.63. The van der Waals surface area contributed by atoms with Crippen molar-refractivity contribution in [3.8, 4) is 5.69 Å². The highest BCUT2D eigenvalue weighted by Gasteiger charge is 2.30. The number of anilines is 1. The number of amides is 1. The predicted octanol–water partition coefficient (Wildman–Crippen LogP) is 2.60. The summed E-state index contributed by atoms with van der Waals surface area (Å²) in [6, 6.07) is 10.3. The normalized spacial score (nSPS) is 12.7. The first kappa shape index (κ1) is 18.2. The lowest BCUT2D eigenvalue weighted by molar-refractivity contribution is -0.385. The van der Waals surface area contributed by atoms with Crippen molar-refractivity contribution in [2.45, 2.75) is 13.3 Å². The maximum Gasteiger partial charge on any atom is 0.280 e. The summed E-state index contributed by atoms with van der Waals surface area (Å²) in [5.41, 5.74) is 2.01. The van der Waals surface area contributed by atoms with Crippen LogP contribution in [0.15, 0.2) is 42.5 Å². The number of fused-ring (bicyclic) bond motifs is 1. The Kier molecular flexibility index (Phi) is 4.26. The maximum atomic E-state index is 13.1. The lowest BCUT2D eigenvalue weighted by Crippen LogP contribution is -2.30. The number of non-ortho nitro benzene ring substituents is 2. The van der Waals surface area contributed by atoms with Gasteiger partial charge in [0.05, 0.1) is 26.9 Å². The quantitative estimate of drug-likeness (QED) is 0.490. The van der Waals surface area contributed by atoms with Crippen LogP contribution in [0.2, 0.25) is 0 Å². The van der Waals surface area contributed by atoms with Crippen molar-refractivity contribution < 1.29 is 14.6 Å². The van der Waals surface area contributed by atoms with E-state index in [1.165, 1.54) is 39.9 Å². The molecule has 146 valence electrons. The van der Waals surface area contributed by atoms with Gasteiger partial charge in [0.15, 0.2) is 5.69 Å². The monoisotopic (exact) mass is 394 g/mol. The summed E-state index contributed by atoms with van der Waals surface area (Å²) >= 11 is 0. The fourth-order valence-electron chi connectivity index (χ4n) is 3.33. The molecule has 0 saturated heterocycles. The molecule has 11 heteroatoms. The third-order valence-corrected chi connectivity index (χ3v) is 4.80. The third-order valence-electron chi connectivity index (χ3n) is 4.80. The van der Waals surface area contributed by atoms with Crippen LogP contribution in [0.3, 0.4) is 0 Å². The van der Waals surface area contributed by atoms with Gasteiger partial charge in [-0.25, -0.2) is 4.68 Å². The number of aromatic nitrogens is 3. The Morgan fingerprint density at radius 1 is 1.07 bits per heavy atom. The van der Waals surface area contributed by atoms with E-state index in [-0.39, 0.29) is 17.1 Å². The highest BCUT2D eigenvalue weighted by molar-refractivity contribution is 6.06. The number of carbonyl (C=O) groups is 1. The fourth-order valence-corrected chi connectivity index (χ4v) is 3.33.